The van der Waals surface area contributed by atoms with E-state index in [4.69, 9.17) is 4.74 Å². The molecule has 1 heterocycles. The van der Waals surface area contributed by atoms with E-state index in [0.29, 0.717) is 5.56 Å². The van der Waals surface area contributed by atoms with E-state index in [-0.39, 0.29) is 27.8 Å². The lowest BCUT2D eigenvalue weighted by Crippen LogP contribution is -2.35. The Kier molecular flexibility index (Phi) is 10.6. The predicted octanol–water partition coefficient (Wildman–Crippen LogP) is 4.71. The van der Waals surface area contributed by atoms with Crippen molar-refractivity contribution in [3.05, 3.63) is 71.1 Å². The van der Waals surface area contributed by atoms with Crippen molar-refractivity contribution in [1.82, 2.24) is 19.5 Å². The molecule has 0 saturated heterocycles. The standard InChI is InChI=1S/C27H31F3N6O8S/c1-18-6-8-19(9-7-18)22-16-23(27(28,29)30)31-35(22)20-10-12-21(13-11-20)45(40,41)32-24(37)14-15-34(5)36(39)33-43-17-42-25(38)44-26(2,3)4/h6-13,16H,14-15,17H2,1-5H3,(H,32,37)/b36-33-. The molecule has 1 aromatic heterocycles. The first-order chi connectivity index (χ1) is 20.9. The zero-order valence-electron chi connectivity index (χ0n) is 24.9. The molecule has 0 bridgehead atoms. The number of hydrogen-bond acceptors (Lipinski definition) is 10. The monoisotopic (exact) mass is 656 g/mol. The molecule has 1 N–H and O–H groups in total. The van der Waals surface area contributed by atoms with Gasteiger partial charge in [0.05, 0.1) is 41.3 Å². The van der Waals surface area contributed by atoms with Crippen molar-refractivity contribution in [3.8, 4) is 16.9 Å². The number of rotatable bonds is 11. The second kappa shape index (κ2) is 13.8. The van der Waals surface area contributed by atoms with Crippen LogP contribution in [0.15, 0.2) is 64.8 Å². The third kappa shape index (κ3) is 10.1. The number of nitrogens with zero attached hydrogens (tertiary/aromatic N) is 5. The Bertz CT molecular complexity index is 1630. The van der Waals surface area contributed by atoms with E-state index in [1.54, 1.807) is 45.0 Å². The summed E-state index contributed by atoms with van der Waals surface area (Å²) in [6.07, 6.45) is -6.21. The summed E-state index contributed by atoms with van der Waals surface area (Å²) in [6.45, 7) is 5.68. The van der Waals surface area contributed by atoms with Gasteiger partial charge < -0.3 is 19.5 Å². The van der Waals surface area contributed by atoms with Crippen molar-refractivity contribution in [2.45, 2.75) is 50.8 Å². The number of nitrogens with one attached hydrogen (secondary N) is 1. The molecule has 14 nitrogen and oxygen atoms in total. The number of hydrazine groups is 1. The molecule has 0 spiro atoms. The average molecular weight is 657 g/mol. The highest BCUT2D eigenvalue weighted by atomic mass is 32.2. The van der Waals surface area contributed by atoms with Crippen LogP contribution in [0.2, 0.25) is 0 Å². The third-order valence-electron chi connectivity index (χ3n) is 5.69. The molecule has 18 heteroatoms. The molecule has 0 aliphatic rings. The molecular formula is C27H31F3N6O8S. The molecule has 3 rings (SSSR count). The lowest BCUT2D eigenvalue weighted by Gasteiger charge is -2.18. The van der Waals surface area contributed by atoms with Crippen LogP contribution < -0.4 is 4.72 Å². The number of halogens is 3. The molecule has 45 heavy (non-hydrogen) atoms. The highest BCUT2D eigenvalue weighted by molar-refractivity contribution is 7.90. The molecule has 0 radical (unpaired) electrons. The first-order valence-corrected chi connectivity index (χ1v) is 14.6. The molecule has 0 fully saturated rings. The fraction of sp³-hybridized carbons (Fsp3) is 0.370. The van der Waals surface area contributed by atoms with Crippen LogP contribution >= 0.6 is 0 Å². The van der Waals surface area contributed by atoms with E-state index in [9.17, 15) is 36.4 Å². The number of amides is 1. The van der Waals surface area contributed by atoms with Gasteiger partial charge in [-0.3, -0.25) is 4.79 Å². The second-order valence-corrected chi connectivity index (χ2v) is 12.2. The molecule has 0 atom stereocenters. The Hall–Kier alpha value is -4.87. The van der Waals surface area contributed by atoms with Crippen molar-refractivity contribution >= 4 is 22.1 Å². The number of hydrogen-bond donors (Lipinski definition) is 1. The molecular weight excluding hydrogens is 625 g/mol. The SMILES string of the molecule is Cc1ccc(-c2cc(C(F)(F)F)nn2-c2ccc(S(=O)(=O)NC(=O)CCN(C)/[N+]([O-])=N/OCOC(=O)OC(C)(C)C)cc2)cc1. The van der Waals surface area contributed by atoms with Crippen LogP contribution in [-0.2, 0) is 35.3 Å². The summed E-state index contributed by atoms with van der Waals surface area (Å²) in [5.74, 6) is -0.961. The van der Waals surface area contributed by atoms with Crippen molar-refractivity contribution < 1.29 is 50.5 Å². The highest BCUT2D eigenvalue weighted by Gasteiger charge is 2.35. The van der Waals surface area contributed by atoms with Crippen LogP contribution in [0.4, 0.5) is 18.0 Å². The number of ether oxygens (including phenoxy) is 2. The highest BCUT2D eigenvalue weighted by Crippen LogP contribution is 2.33. The van der Waals surface area contributed by atoms with Gasteiger partial charge in [0.2, 0.25) is 11.2 Å². The van der Waals surface area contributed by atoms with Gasteiger partial charge in [0.25, 0.3) is 16.8 Å². The molecule has 3 aromatic rings. The van der Waals surface area contributed by atoms with Crippen LogP contribution in [0.1, 0.15) is 38.4 Å². The lowest BCUT2D eigenvalue weighted by molar-refractivity contribution is -0.706. The van der Waals surface area contributed by atoms with Crippen LogP contribution in [0.5, 0.6) is 0 Å². The van der Waals surface area contributed by atoms with Gasteiger partial charge >= 0.3 is 12.3 Å². The topological polar surface area (TPSA) is 167 Å². The van der Waals surface area contributed by atoms with E-state index in [1.807, 2.05) is 11.6 Å². The van der Waals surface area contributed by atoms with E-state index < -0.39 is 52.8 Å². The van der Waals surface area contributed by atoms with E-state index >= 15 is 0 Å². The summed E-state index contributed by atoms with van der Waals surface area (Å²) in [6, 6.07) is 12.4. The van der Waals surface area contributed by atoms with Crippen molar-refractivity contribution in [2.75, 3.05) is 20.4 Å². The summed E-state index contributed by atoms with van der Waals surface area (Å²) < 4.78 is 78.3. The smallest absolute Gasteiger partial charge is 0.511 e. The van der Waals surface area contributed by atoms with Gasteiger partial charge in [-0.15, -0.1) is 5.01 Å². The molecule has 2 aromatic carbocycles. The average Bonchev–Trinajstić information content (AvgIpc) is 3.39. The van der Waals surface area contributed by atoms with Gasteiger partial charge in [-0.25, -0.2) is 22.6 Å². The second-order valence-electron chi connectivity index (χ2n) is 10.5. The molecule has 0 aliphatic carbocycles. The van der Waals surface area contributed by atoms with Gasteiger partial charge in [0.15, 0.2) is 5.69 Å². The van der Waals surface area contributed by atoms with Crippen LogP contribution in [0, 0.1) is 12.1 Å². The number of carbonyl (C=O) groups excluding carboxylic acids is 2. The molecule has 244 valence electrons. The van der Waals surface area contributed by atoms with Crippen molar-refractivity contribution in [2.24, 2.45) is 5.28 Å². The minimum Gasteiger partial charge on any atom is -0.569 e. The molecule has 0 aliphatic heterocycles. The maximum absolute atomic E-state index is 13.5. The number of sulfonamides is 1. The maximum atomic E-state index is 13.5. The Morgan fingerprint density at radius 2 is 1.71 bits per heavy atom. The van der Waals surface area contributed by atoms with Gasteiger partial charge in [0, 0.05) is 5.56 Å². The minimum atomic E-state index is -4.72. The zero-order valence-corrected chi connectivity index (χ0v) is 25.7. The van der Waals surface area contributed by atoms with Gasteiger partial charge in [-0.05, 0) is 58.0 Å². The summed E-state index contributed by atoms with van der Waals surface area (Å²) in [5, 5.41) is 19.6. The number of aryl methyl sites for hydroxylation is 1. The Labute approximate surface area is 256 Å². The van der Waals surface area contributed by atoms with E-state index in [2.05, 4.69) is 20.0 Å². The maximum Gasteiger partial charge on any atom is 0.511 e. The molecule has 1 amide bonds. The number of carbonyl (C=O) groups is 2. The van der Waals surface area contributed by atoms with Gasteiger partial charge in [-0.2, -0.15) is 18.3 Å². The first kappa shape index (κ1) is 34.6. The number of aromatic nitrogens is 2. The predicted molar refractivity (Wildman–Crippen MR) is 151 cm³/mol. The van der Waals surface area contributed by atoms with Gasteiger partial charge in [0.1, 0.15) is 5.60 Å². The van der Waals surface area contributed by atoms with E-state index in [1.165, 1.54) is 19.2 Å². The third-order valence-corrected chi connectivity index (χ3v) is 7.08. The summed E-state index contributed by atoms with van der Waals surface area (Å²) in [5.41, 5.74) is -0.283. The fourth-order valence-corrected chi connectivity index (χ4v) is 4.52. The normalized spacial score (nSPS) is 12.4. The molecule has 0 unspecified atom stereocenters. The van der Waals surface area contributed by atoms with Gasteiger partial charge in [-0.1, -0.05) is 29.8 Å². The Morgan fingerprint density at radius 3 is 2.29 bits per heavy atom. The minimum absolute atomic E-state index is 0.0523. The largest absolute Gasteiger partial charge is 0.569 e. The summed E-state index contributed by atoms with van der Waals surface area (Å²) >= 11 is 0. The Morgan fingerprint density at radius 1 is 1.09 bits per heavy atom. The van der Waals surface area contributed by atoms with Crippen LogP contribution in [0.25, 0.3) is 16.9 Å². The fourth-order valence-electron chi connectivity index (χ4n) is 3.51. The summed E-state index contributed by atoms with van der Waals surface area (Å²) in [4.78, 5) is 27.9. The lowest BCUT2D eigenvalue weighted by atomic mass is 10.1. The van der Waals surface area contributed by atoms with Crippen molar-refractivity contribution in [1.29, 1.82) is 0 Å². The van der Waals surface area contributed by atoms with E-state index in [0.717, 1.165) is 33.5 Å². The quantitative estimate of drug-likeness (QED) is 0.0762. The van der Waals surface area contributed by atoms with Crippen LogP contribution in [-0.4, -0.2) is 66.2 Å². The number of benzene rings is 2. The zero-order chi connectivity index (χ0) is 33.6. The Balaban J connectivity index is 1.62. The van der Waals surface area contributed by atoms with Crippen LogP contribution in [0.3, 0.4) is 0 Å². The molecule has 0 saturated carbocycles. The summed E-state index contributed by atoms with van der Waals surface area (Å²) in [7, 11) is -3.14. The van der Waals surface area contributed by atoms with Crippen molar-refractivity contribution in [3.63, 3.8) is 0 Å². The first-order valence-electron chi connectivity index (χ1n) is 13.1. The number of alkyl halides is 3.